The van der Waals surface area contributed by atoms with Gasteiger partial charge in [0.05, 0.1) is 0 Å². The Kier molecular flexibility index (Phi) is 2.79. The molecule has 1 heterocycles. The third-order valence-electron chi connectivity index (χ3n) is 2.20. The fourth-order valence-electron chi connectivity index (χ4n) is 1.28. The third-order valence-corrected chi connectivity index (χ3v) is 2.68. The van der Waals surface area contributed by atoms with Gasteiger partial charge in [-0.05, 0) is 30.9 Å². The number of hydrogen-bond donors (Lipinski definition) is 1. The summed E-state index contributed by atoms with van der Waals surface area (Å²) < 4.78 is 0. The zero-order valence-corrected chi connectivity index (χ0v) is 9.36. The summed E-state index contributed by atoms with van der Waals surface area (Å²) in [5.74, 6) is 0.792. The van der Waals surface area contributed by atoms with Crippen molar-refractivity contribution in [2.75, 3.05) is 5.32 Å². The molecule has 76 valence electrons. The van der Waals surface area contributed by atoms with Crippen LogP contribution in [0.3, 0.4) is 0 Å². The highest BCUT2D eigenvalue weighted by atomic mass is 35.5. The van der Waals surface area contributed by atoms with Crippen molar-refractivity contribution in [3.63, 3.8) is 0 Å². The molecule has 1 fully saturated rings. The van der Waals surface area contributed by atoms with E-state index in [1.165, 1.54) is 12.8 Å². The van der Waals surface area contributed by atoms with Crippen molar-refractivity contribution < 1.29 is 0 Å². The van der Waals surface area contributed by atoms with E-state index < -0.39 is 0 Å². The predicted octanol–water partition coefficient (Wildman–Crippen LogP) is 2.92. The fourth-order valence-corrected chi connectivity index (χ4v) is 1.80. The quantitative estimate of drug-likeness (QED) is 0.643. The van der Waals surface area contributed by atoms with Crippen LogP contribution in [-0.4, -0.2) is 16.0 Å². The zero-order chi connectivity index (χ0) is 10.1. The van der Waals surface area contributed by atoms with E-state index in [1.807, 2.05) is 6.92 Å². The second-order valence-electron chi connectivity index (χ2n) is 3.38. The van der Waals surface area contributed by atoms with Gasteiger partial charge in [-0.3, -0.25) is 0 Å². The molecule has 14 heavy (non-hydrogen) atoms. The van der Waals surface area contributed by atoms with Gasteiger partial charge in [-0.15, -0.1) is 0 Å². The van der Waals surface area contributed by atoms with Crippen LogP contribution >= 0.6 is 23.2 Å². The van der Waals surface area contributed by atoms with Gasteiger partial charge in [-0.1, -0.05) is 18.5 Å². The lowest BCUT2D eigenvalue weighted by Gasteiger charge is -2.09. The van der Waals surface area contributed by atoms with Crippen molar-refractivity contribution in [2.24, 2.45) is 0 Å². The van der Waals surface area contributed by atoms with Gasteiger partial charge in [0.2, 0.25) is 5.28 Å². The van der Waals surface area contributed by atoms with Crippen molar-refractivity contribution in [3.05, 3.63) is 16.0 Å². The first kappa shape index (κ1) is 9.99. The first-order valence-corrected chi connectivity index (χ1v) is 5.44. The molecule has 0 spiro atoms. The number of halogens is 2. The standard InChI is InChI=1S/C9H11Cl2N3/c1-2-6-7(10)13-9(11)14-8(6)12-5-3-4-5/h5H,2-4H2,1H3,(H,12,13,14). The highest BCUT2D eigenvalue weighted by Crippen LogP contribution is 2.29. The first-order chi connectivity index (χ1) is 6.70. The van der Waals surface area contributed by atoms with Crippen molar-refractivity contribution >= 4 is 29.0 Å². The average Bonchev–Trinajstić information content (AvgIpc) is 2.87. The van der Waals surface area contributed by atoms with Crippen LogP contribution < -0.4 is 5.32 Å². The Morgan fingerprint density at radius 1 is 1.36 bits per heavy atom. The molecule has 5 heteroatoms. The van der Waals surface area contributed by atoms with Crippen LogP contribution in [-0.2, 0) is 6.42 Å². The molecule has 2 rings (SSSR count). The molecule has 0 saturated heterocycles. The molecule has 1 N–H and O–H groups in total. The topological polar surface area (TPSA) is 37.8 Å². The largest absolute Gasteiger partial charge is 0.367 e. The Bertz CT molecular complexity index is 350. The second kappa shape index (κ2) is 3.91. The van der Waals surface area contributed by atoms with Gasteiger partial charge in [0.15, 0.2) is 0 Å². The molecule has 1 aromatic rings. The molecule has 3 nitrogen and oxygen atoms in total. The minimum absolute atomic E-state index is 0.204. The van der Waals surface area contributed by atoms with E-state index >= 15 is 0 Å². The Morgan fingerprint density at radius 2 is 2.07 bits per heavy atom. The highest BCUT2D eigenvalue weighted by Gasteiger charge is 2.23. The fraction of sp³-hybridized carbons (Fsp3) is 0.556. The number of hydrogen-bond acceptors (Lipinski definition) is 3. The Morgan fingerprint density at radius 3 is 2.64 bits per heavy atom. The monoisotopic (exact) mass is 231 g/mol. The van der Waals surface area contributed by atoms with Gasteiger partial charge in [-0.25, -0.2) is 9.97 Å². The molecule has 0 bridgehead atoms. The van der Waals surface area contributed by atoms with Crippen molar-refractivity contribution in [1.82, 2.24) is 9.97 Å². The predicted molar refractivity (Wildman–Crippen MR) is 58.1 cm³/mol. The number of nitrogens with zero attached hydrogens (tertiary/aromatic N) is 2. The van der Waals surface area contributed by atoms with Crippen LogP contribution in [0.4, 0.5) is 5.82 Å². The van der Waals surface area contributed by atoms with Crippen LogP contribution in [0.15, 0.2) is 0 Å². The molecule has 1 saturated carbocycles. The lowest BCUT2D eigenvalue weighted by atomic mass is 10.2. The number of anilines is 1. The summed E-state index contributed by atoms with van der Waals surface area (Å²) in [7, 11) is 0. The molecular weight excluding hydrogens is 221 g/mol. The summed E-state index contributed by atoms with van der Waals surface area (Å²) >= 11 is 11.7. The lowest BCUT2D eigenvalue weighted by molar-refractivity contribution is 1.01. The Labute approximate surface area is 92.8 Å². The van der Waals surface area contributed by atoms with E-state index in [1.54, 1.807) is 0 Å². The van der Waals surface area contributed by atoms with Crippen LogP contribution in [0, 0.1) is 0 Å². The summed E-state index contributed by atoms with van der Waals surface area (Å²) in [5, 5.41) is 3.96. The molecular formula is C9H11Cl2N3. The maximum Gasteiger partial charge on any atom is 0.225 e. The SMILES string of the molecule is CCc1c(Cl)nc(Cl)nc1NC1CC1. The van der Waals surface area contributed by atoms with E-state index in [4.69, 9.17) is 23.2 Å². The van der Waals surface area contributed by atoms with E-state index in [2.05, 4.69) is 15.3 Å². The van der Waals surface area contributed by atoms with Gasteiger partial charge in [0.25, 0.3) is 0 Å². The average molecular weight is 232 g/mol. The van der Waals surface area contributed by atoms with E-state index in [9.17, 15) is 0 Å². The molecule has 1 aliphatic carbocycles. The summed E-state index contributed by atoms with van der Waals surface area (Å²) in [6.45, 7) is 2.02. The third kappa shape index (κ3) is 2.10. The minimum atomic E-state index is 0.204. The Hall–Kier alpha value is -0.540. The number of rotatable bonds is 3. The summed E-state index contributed by atoms with van der Waals surface area (Å²) in [4.78, 5) is 8.06. The molecule has 0 radical (unpaired) electrons. The van der Waals surface area contributed by atoms with Gasteiger partial charge >= 0.3 is 0 Å². The maximum atomic E-state index is 5.96. The normalized spacial score (nSPS) is 15.6. The molecule has 0 aliphatic heterocycles. The van der Waals surface area contributed by atoms with Crippen LogP contribution in [0.25, 0.3) is 0 Å². The van der Waals surface area contributed by atoms with Gasteiger partial charge in [0.1, 0.15) is 11.0 Å². The molecule has 1 aromatic heterocycles. The maximum absolute atomic E-state index is 5.96. The molecule has 0 atom stereocenters. The van der Waals surface area contributed by atoms with E-state index in [0.717, 1.165) is 17.8 Å². The van der Waals surface area contributed by atoms with Gasteiger partial charge < -0.3 is 5.32 Å². The second-order valence-corrected chi connectivity index (χ2v) is 4.08. The first-order valence-electron chi connectivity index (χ1n) is 4.69. The van der Waals surface area contributed by atoms with Crippen molar-refractivity contribution in [3.8, 4) is 0 Å². The van der Waals surface area contributed by atoms with Crippen LogP contribution in [0.1, 0.15) is 25.3 Å². The molecule has 1 aliphatic rings. The van der Waals surface area contributed by atoms with Crippen LogP contribution in [0.5, 0.6) is 0 Å². The van der Waals surface area contributed by atoms with E-state index in [0.29, 0.717) is 11.2 Å². The van der Waals surface area contributed by atoms with Gasteiger partial charge in [-0.2, -0.15) is 0 Å². The number of nitrogens with one attached hydrogen (secondary N) is 1. The van der Waals surface area contributed by atoms with Crippen molar-refractivity contribution in [2.45, 2.75) is 32.2 Å². The highest BCUT2D eigenvalue weighted by molar-refractivity contribution is 6.32. The molecule has 0 amide bonds. The number of aromatic nitrogens is 2. The van der Waals surface area contributed by atoms with Crippen molar-refractivity contribution in [1.29, 1.82) is 0 Å². The lowest BCUT2D eigenvalue weighted by Crippen LogP contribution is -2.07. The zero-order valence-electron chi connectivity index (χ0n) is 7.85. The Balaban J connectivity index is 2.33. The van der Waals surface area contributed by atoms with Gasteiger partial charge in [0, 0.05) is 11.6 Å². The molecule has 0 aromatic carbocycles. The summed E-state index contributed by atoms with van der Waals surface area (Å²) in [6, 6.07) is 0.544. The molecule has 0 unspecified atom stereocenters. The summed E-state index contributed by atoms with van der Waals surface area (Å²) in [6.07, 6.45) is 3.20. The van der Waals surface area contributed by atoms with E-state index in [-0.39, 0.29) is 5.28 Å². The van der Waals surface area contributed by atoms with Crippen LogP contribution in [0.2, 0.25) is 10.4 Å². The minimum Gasteiger partial charge on any atom is -0.367 e. The smallest absolute Gasteiger partial charge is 0.225 e. The summed E-state index contributed by atoms with van der Waals surface area (Å²) in [5.41, 5.74) is 0.947.